The molecule has 5 atom stereocenters. The largest absolute Gasteiger partial charge is 0.310 e. The van der Waals surface area contributed by atoms with Gasteiger partial charge in [0.2, 0.25) is 0 Å². The zero-order valence-electron chi connectivity index (χ0n) is 40.1. The highest BCUT2D eigenvalue weighted by Gasteiger charge is 2.59. The van der Waals surface area contributed by atoms with Crippen molar-refractivity contribution < 1.29 is 0 Å². The molecule has 4 bridgehead atoms. The van der Waals surface area contributed by atoms with E-state index >= 15 is 0 Å². The maximum Gasteiger partial charge on any atom is 0.0561 e. The molecule has 2 heteroatoms. The maximum atomic E-state index is 2.56. The number of hydrogen-bond donors (Lipinski definition) is 0. The summed E-state index contributed by atoms with van der Waals surface area (Å²) < 4.78 is 2.43. The summed E-state index contributed by atoms with van der Waals surface area (Å²) >= 11 is 0. The van der Waals surface area contributed by atoms with Crippen molar-refractivity contribution in [2.75, 3.05) is 4.90 Å². The summed E-state index contributed by atoms with van der Waals surface area (Å²) in [4.78, 5) is 2.48. The van der Waals surface area contributed by atoms with E-state index in [1.54, 1.807) is 11.1 Å². The summed E-state index contributed by atoms with van der Waals surface area (Å²) in [5.74, 6) is 3.29. The maximum absolute atomic E-state index is 2.56. The number of nitrogens with zero attached hydrogens (tertiary/aromatic N) is 2. The quantitative estimate of drug-likeness (QED) is 0.161. The van der Waals surface area contributed by atoms with Gasteiger partial charge in [0.25, 0.3) is 0 Å². The molecule has 4 saturated carbocycles. The smallest absolute Gasteiger partial charge is 0.0561 e. The first-order valence-electron chi connectivity index (χ1n) is 26.0. The number of para-hydroxylation sites is 2. The van der Waals surface area contributed by atoms with Gasteiger partial charge in [-0.3, -0.25) is 0 Å². The van der Waals surface area contributed by atoms with Crippen LogP contribution in [0.5, 0.6) is 0 Å². The number of rotatable bonds is 6. The lowest BCUT2D eigenvalue weighted by Crippen LogP contribution is -2.48. The molecule has 0 saturated heterocycles. The van der Waals surface area contributed by atoms with Crippen LogP contribution in [0.3, 0.4) is 0 Å². The minimum atomic E-state index is -0.145. The zero-order chi connectivity index (χ0) is 46.3. The van der Waals surface area contributed by atoms with E-state index < -0.39 is 0 Å². The van der Waals surface area contributed by atoms with Crippen LogP contribution in [0, 0.1) is 23.7 Å². The van der Waals surface area contributed by atoms with Gasteiger partial charge in [-0.1, -0.05) is 166 Å². The summed E-state index contributed by atoms with van der Waals surface area (Å²) in [7, 11) is 0. The molecule has 0 radical (unpaired) electrons. The van der Waals surface area contributed by atoms with Gasteiger partial charge in [-0.2, -0.15) is 0 Å². The van der Waals surface area contributed by atoms with E-state index in [-0.39, 0.29) is 10.8 Å². The Morgan fingerprint density at radius 3 is 1.87 bits per heavy atom. The number of aromatic nitrogens is 1. The predicted molar refractivity (Wildman–Crippen MR) is 292 cm³/mol. The summed E-state index contributed by atoms with van der Waals surface area (Å²) in [5.41, 5.74) is 23.8. The molecule has 1 spiro atoms. The van der Waals surface area contributed by atoms with E-state index in [1.165, 1.54) is 116 Å². The van der Waals surface area contributed by atoms with Crippen LogP contribution in [-0.4, -0.2) is 4.57 Å². The Bertz CT molecular complexity index is 3720. The molecule has 1 aromatic heterocycles. The van der Waals surface area contributed by atoms with Crippen LogP contribution >= 0.6 is 0 Å². The predicted octanol–water partition coefficient (Wildman–Crippen LogP) is 18.0. The summed E-state index contributed by atoms with van der Waals surface area (Å²) in [5, 5.41) is 2.51. The highest BCUT2D eigenvalue weighted by Crippen LogP contribution is 2.68. The Morgan fingerprint density at radius 2 is 1.01 bits per heavy atom. The normalized spacial score (nSPS) is 22.0. The second-order valence-electron chi connectivity index (χ2n) is 22.0. The fraction of sp³-hybridized carbons (Fsp3) is 0.206. The average Bonchev–Trinajstić information content (AvgIpc) is 3.90. The first-order chi connectivity index (χ1) is 34.4. The molecule has 70 heavy (non-hydrogen) atoms. The molecule has 338 valence electrons. The summed E-state index contributed by atoms with van der Waals surface area (Å²) in [6, 6.07) is 78.4. The average molecular weight is 901 g/mol. The first kappa shape index (κ1) is 40.5. The first-order valence-corrected chi connectivity index (χ1v) is 26.0. The Morgan fingerprint density at radius 1 is 0.400 bits per heavy atom. The van der Waals surface area contributed by atoms with Gasteiger partial charge in [0.05, 0.1) is 11.0 Å². The van der Waals surface area contributed by atoms with Crippen molar-refractivity contribution >= 4 is 38.9 Å². The number of benzene rings is 9. The minimum absolute atomic E-state index is 0.134. The Hall–Kier alpha value is -7.42. The van der Waals surface area contributed by atoms with Crippen LogP contribution in [0.15, 0.2) is 206 Å². The Kier molecular flexibility index (Phi) is 8.69. The molecule has 2 nitrogen and oxygen atoms in total. The van der Waals surface area contributed by atoms with Crippen LogP contribution in [0.2, 0.25) is 0 Å². The third-order valence-corrected chi connectivity index (χ3v) is 18.3. The Labute approximate surface area is 411 Å². The van der Waals surface area contributed by atoms with Gasteiger partial charge in [-0.05, 0) is 183 Å². The molecule has 10 aromatic rings. The van der Waals surface area contributed by atoms with Gasteiger partial charge >= 0.3 is 0 Å². The van der Waals surface area contributed by atoms with Crippen LogP contribution < -0.4 is 4.90 Å². The molecule has 4 fully saturated rings. The molecule has 0 aliphatic heterocycles. The topological polar surface area (TPSA) is 8.17 Å². The van der Waals surface area contributed by atoms with Crippen molar-refractivity contribution in [2.24, 2.45) is 23.7 Å². The van der Waals surface area contributed by atoms with E-state index in [0.29, 0.717) is 0 Å². The standard InChI is InChI=1S/C68H56N2/c1-67(2)60-34-27-47(54-20-13-22-63-66(54)57-19-9-11-21-62(57)68(63)48-28-24-43-36-44(38-48)39-49(68)37-43)40-58(60)59-41-52(32-35-61(59)67)69(51-29-25-46(26-30-51)45-14-5-3-6-15-45)53-31-33-56-55-18-10-12-23-64(55)70(65(56)42-53)50-16-7-4-8-17-50/h3-23,25-27,29-35,40-44,48-49H,24,28,36-39H2,1-2H3. The van der Waals surface area contributed by atoms with Gasteiger partial charge in [-0.25, -0.2) is 0 Å². The molecule has 5 unspecified atom stereocenters. The number of hydrogen-bond acceptors (Lipinski definition) is 1. The molecule has 0 N–H and O–H groups in total. The lowest BCUT2D eigenvalue weighted by molar-refractivity contribution is 0.0618. The van der Waals surface area contributed by atoms with Crippen LogP contribution in [0.1, 0.15) is 74.6 Å². The van der Waals surface area contributed by atoms with E-state index in [2.05, 4.69) is 230 Å². The molecule has 1 heterocycles. The van der Waals surface area contributed by atoms with Gasteiger partial charge in [0.1, 0.15) is 0 Å². The van der Waals surface area contributed by atoms with Gasteiger partial charge in [0.15, 0.2) is 0 Å². The van der Waals surface area contributed by atoms with E-state index in [4.69, 9.17) is 0 Å². The van der Waals surface area contributed by atoms with Crippen molar-refractivity contribution in [3.05, 3.63) is 229 Å². The summed E-state index contributed by atoms with van der Waals surface area (Å²) in [6.07, 6.45) is 8.46. The third kappa shape index (κ3) is 5.68. The number of anilines is 3. The van der Waals surface area contributed by atoms with Gasteiger partial charge in [-0.15, -0.1) is 0 Å². The van der Waals surface area contributed by atoms with Gasteiger partial charge < -0.3 is 9.47 Å². The molecule has 6 aliphatic rings. The third-order valence-electron chi connectivity index (χ3n) is 18.3. The highest BCUT2D eigenvalue weighted by atomic mass is 15.1. The number of fused-ring (bicyclic) bond motifs is 10. The van der Waals surface area contributed by atoms with Crippen LogP contribution in [0.25, 0.3) is 72.0 Å². The SMILES string of the molecule is CC1(C)c2ccc(-c3cccc4c3-c3ccccc3C43C4CCC5CC(C4)CC3C5)cc2-c2cc(N(c3ccc(-c4ccccc4)cc3)c3ccc4c5ccccc5n(-c5ccccc5)c4c3)ccc21. The Balaban J connectivity index is 0.900. The molecule has 16 rings (SSSR count). The monoisotopic (exact) mass is 900 g/mol. The molecule has 9 aromatic carbocycles. The molecular formula is C68H56N2. The molecule has 6 aliphatic carbocycles. The van der Waals surface area contributed by atoms with E-state index in [0.717, 1.165) is 46.4 Å². The van der Waals surface area contributed by atoms with Crippen LogP contribution in [0.4, 0.5) is 17.1 Å². The fourth-order valence-corrected chi connectivity index (χ4v) is 15.5. The zero-order valence-corrected chi connectivity index (χ0v) is 40.1. The van der Waals surface area contributed by atoms with Gasteiger partial charge in [0, 0.05) is 44.4 Å². The van der Waals surface area contributed by atoms with Crippen molar-refractivity contribution in [1.29, 1.82) is 0 Å². The van der Waals surface area contributed by atoms with Crippen molar-refractivity contribution in [3.63, 3.8) is 0 Å². The second kappa shape index (κ2) is 15.0. The van der Waals surface area contributed by atoms with Crippen molar-refractivity contribution in [3.8, 4) is 50.2 Å². The minimum Gasteiger partial charge on any atom is -0.310 e. The lowest BCUT2D eigenvalue weighted by atomic mass is 9.51. The lowest BCUT2D eigenvalue weighted by Gasteiger charge is -2.53. The molecular weight excluding hydrogens is 845 g/mol. The summed E-state index contributed by atoms with van der Waals surface area (Å²) in [6.45, 7) is 4.84. The van der Waals surface area contributed by atoms with Crippen molar-refractivity contribution in [2.45, 2.75) is 63.2 Å². The highest BCUT2D eigenvalue weighted by molar-refractivity contribution is 6.10. The van der Waals surface area contributed by atoms with E-state index in [1.807, 2.05) is 0 Å². The van der Waals surface area contributed by atoms with E-state index in [9.17, 15) is 0 Å². The van der Waals surface area contributed by atoms with Crippen LogP contribution in [-0.2, 0) is 10.8 Å². The second-order valence-corrected chi connectivity index (χ2v) is 22.0. The molecule has 0 amide bonds. The fourth-order valence-electron chi connectivity index (χ4n) is 15.5. The van der Waals surface area contributed by atoms with Crippen molar-refractivity contribution in [1.82, 2.24) is 4.57 Å².